The maximum absolute atomic E-state index is 12.6. The number of aromatic nitrogens is 4. The molecule has 1 aliphatic rings. The predicted octanol–water partition coefficient (Wildman–Crippen LogP) is 2.27. The van der Waals surface area contributed by atoms with Crippen molar-refractivity contribution in [1.82, 2.24) is 20.2 Å². The van der Waals surface area contributed by atoms with Gasteiger partial charge < -0.3 is 10.2 Å². The fourth-order valence-electron chi connectivity index (χ4n) is 3.14. The number of anilines is 2. The molecule has 1 aromatic carbocycles. The molecule has 1 aliphatic heterocycles. The number of hydrogen-bond donors (Lipinski definition) is 1. The molecular weight excluding hydrogens is 316 g/mol. The standard InChI is InChI=1S/C18H18N6O/c25-17(22-16-12-21-23-15-5-2-1-4-14(15)16)13-6-10-24(11-7-13)18-19-8-3-9-20-18/h1-5,8-9,12-13H,6-7,10-11H2,(H,22,23,25). The molecule has 3 heterocycles. The quantitative estimate of drug-likeness (QED) is 0.791. The summed E-state index contributed by atoms with van der Waals surface area (Å²) in [5.74, 6) is 0.740. The van der Waals surface area contributed by atoms with Crippen LogP contribution in [0.4, 0.5) is 11.6 Å². The smallest absolute Gasteiger partial charge is 0.227 e. The number of carbonyl (C=O) groups excluding carboxylic acids is 1. The second-order valence-electron chi connectivity index (χ2n) is 6.07. The summed E-state index contributed by atoms with van der Waals surface area (Å²) in [7, 11) is 0. The van der Waals surface area contributed by atoms with Crippen LogP contribution in [-0.4, -0.2) is 39.2 Å². The van der Waals surface area contributed by atoms with E-state index < -0.39 is 0 Å². The Hall–Kier alpha value is -3.09. The maximum atomic E-state index is 12.6. The monoisotopic (exact) mass is 334 g/mol. The molecule has 1 amide bonds. The molecule has 2 aromatic heterocycles. The first-order chi connectivity index (χ1) is 12.3. The Morgan fingerprint density at radius 3 is 2.64 bits per heavy atom. The number of fused-ring (bicyclic) bond motifs is 1. The number of benzene rings is 1. The molecule has 126 valence electrons. The molecule has 0 aliphatic carbocycles. The van der Waals surface area contributed by atoms with Gasteiger partial charge in [0.1, 0.15) is 0 Å². The summed E-state index contributed by atoms with van der Waals surface area (Å²) in [6.45, 7) is 1.55. The second-order valence-corrected chi connectivity index (χ2v) is 6.07. The second kappa shape index (κ2) is 6.80. The highest BCUT2D eigenvalue weighted by Gasteiger charge is 2.26. The van der Waals surface area contributed by atoms with E-state index >= 15 is 0 Å². The first-order valence-corrected chi connectivity index (χ1v) is 8.34. The van der Waals surface area contributed by atoms with Crippen molar-refractivity contribution in [3.05, 3.63) is 48.9 Å². The minimum Gasteiger partial charge on any atom is -0.341 e. The lowest BCUT2D eigenvalue weighted by atomic mass is 9.96. The first-order valence-electron chi connectivity index (χ1n) is 8.34. The fourth-order valence-corrected chi connectivity index (χ4v) is 3.14. The number of amides is 1. The summed E-state index contributed by atoms with van der Waals surface area (Å²) in [6, 6.07) is 9.46. The van der Waals surface area contributed by atoms with Gasteiger partial charge in [-0.25, -0.2) is 9.97 Å². The number of hydrogen-bond acceptors (Lipinski definition) is 6. The normalized spacial score (nSPS) is 15.3. The molecule has 7 heteroatoms. The lowest BCUT2D eigenvalue weighted by Gasteiger charge is -2.31. The molecule has 3 aromatic rings. The SMILES string of the molecule is O=C(Nc1cnnc2ccccc12)C1CCN(c2ncccn2)CC1. The Kier molecular flexibility index (Phi) is 4.20. The number of piperidine rings is 1. The summed E-state index contributed by atoms with van der Waals surface area (Å²) in [5.41, 5.74) is 1.49. The molecular formula is C18H18N6O. The van der Waals surface area contributed by atoms with Gasteiger partial charge in [0.25, 0.3) is 0 Å². The average molecular weight is 334 g/mol. The molecule has 1 saturated heterocycles. The summed E-state index contributed by atoms with van der Waals surface area (Å²) in [6.07, 6.45) is 6.64. The van der Waals surface area contributed by atoms with E-state index in [0.29, 0.717) is 5.69 Å². The summed E-state index contributed by atoms with van der Waals surface area (Å²) in [4.78, 5) is 23.3. The van der Waals surface area contributed by atoms with Gasteiger partial charge in [0.05, 0.1) is 17.4 Å². The first kappa shape index (κ1) is 15.4. The maximum Gasteiger partial charge on any atom is 0.227 e. The van der Waals surface area contributed by atoms with E-state index in [9.17, 15) is 4.79 Å². The highest BCUT2D eigenvalue weighted by atomic mass is 16.1. The van der Waals surface area contributed by atoms with Gasteiger partial charge in [0.2, 0.25) is 11.9 Å². The molecule has 0 radical (unpaired) electrons. The third kappa shape index (κ3) is 3.26. The third-order valence-electron chi connectivity index (χ3n) is 4.51. The lowest BCUT2D eigenvalue weighted by molar-refractivity contribution is -0.120. The minimum absolute atomic E-state index is 0.0214. The van der Waals surface area contributed by atoms with Crippen molar-refractivity contribution in [2.45, 2.75) is 12.8 Å². The zero-order chi connectivity index (χ0) is 17.1. The van der Waals surface area contributed by atoms with Crippen LogP contribution < -0.4 is 10.2 Å². The van der Waals surface area contributed by atoms with E-state index in [4.69, 9.17) is 0 Å². The molecule has 1 fully saturated rings. The van der Waals surface area contributed by atoms with E-state index in [1.165, 1.54) is 0 Å². The average Bonchev–Trinajstić information content (AvgIpc) is 2.69. The number of nitrogens with one attached hydrogen (secondary N) is 1. The molecule has 0 atom stereocenters. The van der Waals surface area contributed by atoms with Gasteiger partial charge in [-0.2, -0.15) is 10.2 Å². The zero-order valence-corrected chi connectivity index (χ0v) is 13.7. The van der Waals surface area contributed by atoms with Crippen LogP contribution in [0.1, 0.15) is 12.8 Å². The minimum atomic E-state index is -0.0214. The van der Waals surface area contributed by atoms with Crippen LogP contribution in [0.5, 0.6) is 0 Å². The Bertz CT molecular complexity index is 872. The molecule has 0 spiro atoms. The van der Waals surface area contributed by atoms with Crippen LogP contribution in [0, 0.1) is 5.92 Å². The van der Waals surface area contributed by atoms with Crippen molar-refractivity contribution in [3.63, 3.8) is 0 Å². The van der Waals surface area contributed by atoms with Crippen molar-refractivity contribution >= 4 is 28.4 Å². The van der Waals surface area contributed by atoms with Gasteiger partial charge in [0, 0.05) is 36.8 Å². The van der Waals surface area contributed by atoms with Crippen LogP contribution in [0.3, 0.4) is 0 Å². The van der Waals surface area contributed by atoms with Gasteiger partial charge in [-0.3, -0.25) is 4.79 Å². The van der Waals surface area contributed by atoms with Crippen LogP contribution in [0.2, 0.25) is 0 Å². The summed E-state index contributed by atoms with van der Waals surface area (Å²) >= 11 is 0. The van der Waals surface area contributed by atoms with Crippen molar-refractivity contribution in [3.8, 4) is 0 Å². The van der Waals surface area contributed by atoms with E-state index in [2.05, 4.69) is 30.4 Å². The van der Waals surface area contributed by atoms with Gasteiger partial charge in [-0.1, -0.05) is 18.2 Å². The Labute approximate surface area is 145 Å². The van der Waals surface area contributed by atoms with Crippen LogP contribution >= 0.6 is 0 Å². The summed E-state index contributed by atoms with van der Waals surface area (Å²) < 4.78 is 0. The van der Waals surface area contributed by atoms with E-state index in [-0.39, 0.29) is 11.8 Å². The number of nitrogens with zero attached hydrogens (tertiary/aromatic N) is 5. The lowest BCUT2D eigenvalue weighted by Crippen LogP contribution is -2.39. The Balaban J connectivity index is 1.42. The van der Waals surface area contributed by atoms with E-state index in [1.807, 2.05) is 24.3 Å². The number of carbonyl (C=O) groups is 1. The van der Waals surface area contributed by atoms with Crippen LogP contribution in [-0.2, 0) is 4.79 Å². The summed E-state index contributed by atoms with van der Waals surface area (Å²) in [5, 5.41) is 12.0. The topological polar surface area (TPSA) is 83.9 Å². The van der Waals surface area contributed by atoms with Gasteiger partial charge in [-0.15, -0.1) is 0 Å². The predicted molar refractivity (Wildman–Crippen MR) is 95.1 cm³/mol. The molecule has 0 unspecified atom stereocenters. The van der Waals surface area contributed by atoms with Crippen LogP contribution in [0.15, 0.2) is 48.9 Å². The van der Waals surface area contributed by atoms with Crippen molar-refractivity contribution < 1.29 is 4.79 Å². The van der Waals surface area contributed by atoms with Gasteiger partial charge in [-0.05, 0) is 25.0 Å². The van der Waals surface area contributed by atoms with E-state index in [1.54, 1.807) is 24.7 Å². The van der Waals surface area contributed by atoms with Gasteiger partial charge >= 0.3 is 0 Å². The highest BCUT2D eigenvalue weighted by Crippen LogP contribution is 2.24. The molecule has 0 bridgehead atoms. The zero-order valence-electron chi connectivity index (χ0n) is 13.7. The highest BCUT2D eigenvalue weighted by molar-refractivity contribution is 6.01. The fraction of sp³-hybridized carbons (Fsp3) is 0.278. The van der Waals surface area contributed by atoms with Crippen molar-refractivity contribution in [2.24, 2.45) is 5.92 Å². The number of rotatable bonds is 3. The third-order valence-corrected chi connectivity index (χ3v) is 4.51. The van der Waals surface area contributed by atoms with Crippen molar-refractivity contribution in [2.75, 3.05) is 23.3 Å². The Morgan fingerprint density at radius 1 is 1.08 bits per heavy atom. The van der Waals surface area contributed by atoms with Crippen LogP contribution in [0.25, 0.3) is 10.9 Å². The Morgan fingerprint density at radius 2 is 1.84 bits per heavy atom. The molecule has 7 nitrogen and oxygen atoms in total. The largest absolute Gasteiger partial charge is 0.341 e. The molecule has 4 rings (SSSR count). The van der Waals surface area contributed by atoms with Crippen molar-refractivity contribution in [1.29, 1.82) is 0 Å². The molecule has 1 N–H and O–H groups in total. The molecule has 25 heavy (non-hydrogen) atoms. The molecule has 0 saturated carbocycles. The van der Waals surface area contributed by atoms with E-state index in [0.717, 1.165) is 42.8 Å². The van der Waals surface area contributed by atoms with Gasteiger partial charge in [0.15, 0.2) is 0 Å².